The Balaban J connectivity index is 2.46. The normalized spacial score (nSPS) is 25.5. The fourth-order valence-corrected chi connectivity index (χ4v) is 2.26. The molecule has 0 radical (unpaired) electrons. The van der Waals surface area contributed by atoms with Gasteiger partial charge in [0.15, 0.2) is 6.29 Å². The Morgan fingerprint density at radius 3 is 2.93 bits per heavy atom. The van der Waals surface area contributed by atoms with Crippen molar-refractivity contribution in [1.82, 2.24) is 5.32 Å². The lowest BCUT2D eigenvalue weighted by Gasteiger charge is -2.26. The molecule has 1 unspecified atom stereocenters. The van der Waals surface area contributed by atoms with Crippen LogP contribution in [0.15, 0.2) is 18.2 Å². The first-order valence-electron chi connectivity index (χ1n) is 5.16. The maximum absolute atomic E-state index is 13.0. The fourth-order valence-electron chi connectivity index (χ4n) is 2.26. The number of benzene rings is 1. The Labute approximate surface area is 88.5 Å². The van der Waals surface area contributed by atoms with E-state index in [1.54, 1.807) is 6.07 Å². The van der Waals surface area contributed by atoms with Crippen LogP contribution in [-0.2, 0) is 5.54 Å². The van der Waals surface area contributed by atoms with Gasteiger partial charge in [-0.2, -0.15) is 0 Å². The number of halogens is 1. The second-order valence-corrected chi connectivity index (χ2v) is 4.21. The highest BCUT2D eigenvalue weighted by Crippen LogP contribution is 2.32. The molecule has 0 saturated carbocycles. The molecular weight excluding hydrogens is 193 g/mol. The average Bonchev–Trinajstić information content (AvgIpc) is 2.66. The van der Waals surface area contributed by atoms with Gasteiger partial charge in [-0.25, -0.2) is 4.39 Å². The molecule has 1 N–H and O–H groups in total. The third kappa shape index (κ3) is 1.79. The van der Waals surface area contributed by atoms with Crippen molar-refractivity contribution in [2.45, 2.75) is 25.3 Å². The van der Waals surface area contributed by atoms with E-state index in [-0.39, 0.29) is 11.4 Å². The van der Waals surface area contributed by atoms with Gasteiger partial charge in [-0.3, -0.25) is 4.79 Å². The van der Waals surface area contributed by atoms with Gasteiger partial charge >= 0.3 is 0 Å². The molecule has 0 aromatic heterocycles. The van der Waals surface area contributed by atoms with Gasteiger partial charge in [0, 0.05) is 11.1 Å². The summed E-state index contributed by atoms with van der Waals surface area (Å²) in [5.41, 5.74) is 1.17. The minimum absolute atomic E-state index is 0.177. The summed E-state index contributed by atoms with van der Waals surface area (Å²) >= 11 is 0. The van der Waals surface area contributed by atoms with Gasteiger partial charge in [0.1, 0.15) is 5.82 Å². The molecule has 15 heavy (non-hydrogen) atoms. The smallest absolute Gasteiger partial charge is 0.150 e. The molecule has 0 spiro atoms. The zero-order valence-corrected chi connectivity index (χ0v) is 8.72. The summed E-state index contributed by atoms with van der Waals surface area (Å²) in [5, 5.41) is 3.36. The maximum atomic E-state index is 13.0. The number of carbonyl (C=O) groups excluding carboxylic acids is 1. The van der Waals surface area contributed by atoms with Crippen LogP contribution in [0, 0.1) is 5.82 Å². The molecule has 1 aliphatic rings. The Morgan fingerprint density at radius 1 is 1.53 bits per heavy atom. The van der Waals surface area contributed by atoms with Gasteiger partial charge in [-0.15, -0.1) is 0 Å². The second-order valence-electron chi connectivity index (χ2n) is 4.21. The summed E-state index contributed by atoms with van der Waals surface area (Å²) in [6.45, 7) is 3.01. The maximum Gasteiger partial charge on any atom is 0.150 e. The van der Waals surface area contributed by atoms with Crippen molar-refractivity contribution < 1.29 is 9.18 Å². The third-order valence-electron chi connectivity index (χ3n) is 3.10. The van der Waals surface area contributed by atoms with E-state index < -0.39 is 0 Å². The minimum atomic E-state index is -0.359. The Kier molecular flexibility index (Phi) is 2.57. The van der Waals surface area contributed by atoms with Crippen LogP contribution in [0.25, 0.3) is 0 Å². The van der Waals surface area contributed by atoms with Crippen LogP contribution in [0.2, 0.25) is 0 Å². The van der Waals surface area contributed by atoms with Crippen molar-refractivity contribution in [1.29, 1.82) is 0 Å². The summed E-state index contributed by atoms with van der Waals surface area (Å²) in [5.74, 6) is -0.359. The van der Waals surface area contributed by atoms with Crippen molar-refractivity contribution in [3.63, 3.8) is 0 Å². The van der Waals surface area contributed by atoms with Gasteiger partial charge in [0.05, 0.1) is 0 Å². The van der Waals surface area contributed by atoms with Crippen molar-refractivity contribution in [2.75, 3.05) is 6.54 Å². The lowest BCUT2D eigenvalue weighted by molar-refractivity contribution is 0.112. The topological polar surface area (TPSA) is 29.1 Å². The highest BCUT2D eigenvalue weighted by Gasteiger charge is 2.31. The first-order valence-corrected chi connectivity index (χ1v) is 5.16. The minimum Gasteiger partial charge on any atom is -0.308 e. The van der Waals surface area contributed by atoms with E-state index in [4.69, 9.17) is 0 Å². The number of carbonyl (C=O) groups is 1. The van der Waals surface area contributed by atoms with Crippen LogP contribution in [0.4, 0.5) is 4.39 Å². The predicted octanol–water partition coefficient (Wildman–Crippen LogP) is 2.24. The summed E-state index contributed by atoms with van der Waals surface area (Å²) in [7, 11) is 0. The van der Waals surface area contributed by atoms with Crippen LogP contribution in [0.1, 0.15) is 35.7 Å². The molecule has 80 valence electrons. The Bertz CT molecular complexity index is 383. The van der Waals surface area contributed by atoms with E-state index in [2.05, 4.69) is 12.2 Å². The number of nitrogens with one attached hydrogen (secondary N) is 1. The summed E-state index contributed by atoms with van der Waals surface area (Å²) in [4.78, 5) is 10.9. The van der Waals surface area contributed by atoms with Crippen LogP contribution in [-0.4, -0.2) is 12.8 Å². The molecule has 1 aliphatic heterocycles. The average molecular weight is 207 g/mol. The fraction of sp³-hybridized carbons (Fsp3) is 0.417. The SMILES string of the molecule is CC1(c2ccc(F)cc2C=O)CCCN1. The standard InChI is InChI=1S/C12H14FNO/c1-12(5-2-6-14-12)11-4-3-10(13)7-9(11)8-15/h3-4,7-8,14H,2,5-6H2,1H3. The zero-order valence-electron chi connectivity index (χ0n) is 8.72. The highest BCUT2D eigenvalue weighted by molar-refractivity contribution is 5.78. The quantitative estimate of drug-likeness (QED) is 0.753. The number of hydrogen-bond donors (Lipinski definition) is 1. The molecular formula is C12H14FNO. The molecule has 2 nitrogen and oxygen atoms in total. The number of rotatable bonds is 2. The lowest BCUT2D eigenvalue weighted by atomic mass is 9.87. The van der Waals surface area contributed by atoms with Crippen molar-refractivity contribution in [2.24, 2.45) is 0 Å². The van der Waals surface area contributed by atoms with Gasteiger partial charge in [-0.05, 0) is 44.0 Å². The molecule has 1 fully saturated rings. The molecule has 1 saturated heterocycles. The third-order valence-corrected chi connectivity index (χ3v) is 3.10. The number of aldehydes is 1. The summed E-state index contributed by atoms with van der Waals surface area (Å²) < 4.78 is 13.0. The monoisotopic (exact) mass is 207 g/mol. The van der Waals surface area contributed by atoms with Gasteiger partial charge in [0.2, 0.25) is 0 Å². The van der Waals surface area contributed by atoms with Crippen LogP contribution < -0.4 is 5.32 Å². The van der Waals surface area contributed by atoms with Crippen LogP contribution in [0.3, 0.4) is 0 Å². The van der Waals surface area contributed by atoms with Gasteiger partial charge in [0.25, 0.3) is 0 Å². The van der Waals surface area contributed by atoms with E-state index in [0.717, 1.165) is 31.2 Å². The Morgan fingerprint density at radius 2 is 2.33 bits per heavy atom. The highest BCUT2D eigenvalue weighted by atomic mass is 19.1. The summed E-state index contributed by atoms with van der Waals surface area (Å²) in [6.07, 6.45) is 2.80. The van der Waals surface area contributed by atoms with Crippen molar-refractivity contribution >= 4 is 6.29 Å². The predicted molar refractivity (Wildman–Crippen MR) is 56.4 cm³/mol. The van der Waals surface area contributed by atoms with Crippen LogP contribution in [0.5, 0.6) is 0 Å². The van der Waals surface area contributed by atoms with Crippen LogP contribution >= 0.6 is 0 Å². The molecule has 0 bridgehead atoms. The molecule has 3 heteroatoms. The van der Waals surface area contributed by atoms with E-state index in [1.165, 1.54) is 12.1 Å². The number of hydrogen-bond acceptors (Lipinski definition) is 2. The first-order chi connectivity index (χ1) is 7.15. The van der Waals surface area contributed by atoms with Crippen molar-refractivity contribution in [3.8, 4) is 0 Å². The summed E-state index contributed by atoms with van der Waals surface area (Å²) in [6, 6.07) is 4.42. The largest absolute Gasteiger partial charge is 0.308 e. The molecule has 1 aromatic carbocycles. The van der Waals surface area contributed by atoms with E-state index in [0.29, 0.717) is 5.56 Å². The van der Waals surface area contributed by atoms with E-state index >= 15 is 0 Å². The van der Waals surface area contributed by atoms with E-state index in [1.807, 2.05) is 0 Å². The van der Waals surface area contributed by atoms with Gasteiger partial charge in [-0.1, -0.05) is 6.07 Å². The molecule has 0 aliphatic carbocycles. The van der Waals surface area contributed by atoms with E-state index in [9.17, 15) is 9.18 Å². The molecule has 2 rings (SSSR count). The first kappa shape index (κ1) is 10.3. The molecule has 1 heterocycles. The zero-order chi connectivity index (χ0) is 10.9. The molecule has 1 aromatic rings. The lowest BCUT2D eigenvalue weighted by Crippen LogP contribution is -2.34. The Hall–Kier alpha value is -1.22. The molecule has 0 amide bonds. The van der Waals surface area contributed by atoms with Crippen molar-refractivity contribution in [3.05, 3.63) is 35.1 Å². The molecule has 1 atom stereocenters. The van der Waals surface area contributed by atoms with Gasteiger partial charge < -0.3 is 5.32 Å². The second kappa shape index (κ2) is 3.74.